The van der Waals surface area contributed by atoms with Gasteiger partial charge in [-0.25, -0.2) is 0 Å². The quantitative estimate of drug-likeness (QED) is 0.650. The number of nitrogens with two attached hydrogens (primary N) is 3. The Kier molecular flexibility index (Phi) is 4.38. The van der Waals surface area contributed by atoms with E-state index in [1.54, 1.807) is 24.3 Å². The fraction of sp³-hybridized carbons (Fsp3) is 0.0667. The summed E-state index contributed by atoms with van der Waals surface area (Å²) < 4.78 is 0. The molecule has 0 amide bonds. The third kappa shape index (κ3) is 3.59. The van der Waals surface area contributed by atoms with Crippen molar-refractivity contribution in [2.75, 3.05) is 29.1 Å². The molecule has 0 aromatic heterocycles. The van der Waals surface area contributed by atoms with Gasteiger partial charge in [0.05, 0.1) is 10.7 Å². The Morgan fingerprint density at radius 1 is 1.00 bits per heavy atom. The van der Waals surface area contributed by atoms with Crippen LogP contribution < -0.4 is 22.5 Å². The second-order valence-electron chi connectivity index (χ2n) is 4.41. The summed E-state index contributed by atoms with van der Waals surface area (Å²) in [5.41, 5.74) is 21.0. The van der Waals surface area contributed by atoms with Crippen LogP contribution in [0.5, 0.6) is 0 Å². The molecule has 0 atom stereocenters. The highest BCUT2D eigenvalue weighted by Crippen LogP contribution is 2.24. The molecular formula is C15H17ClN4. The highest BCUT2D eigenvalue weighted by Gasteiger charge is 1.99. The Balaban J connectivity index is 1.98. The lowest BCUT2D eigenvalue weighted by molar-refractivity contribution is 1.34. The normalized spacial score (nSPS) is 10.8. The van der Waals surface area contributed by atoms with Gasteiger partial charge in [-0.1, -0.05) is 23.8 Å². The largest absolute Gasteiger partial charge is 0.399 e. The zero-order valence-corrected chi connectivity index (χ0v) is 11.7. The molecule has 104 valence electrons. The smallest absolute Gasteiger partial charge is 0.0658 e. The lowest BCUT2D eigenvalue weighted by atomic mass is 10.1. The standard InChI is InChI=1S/C15H17ClN4/c16-13-9-12(18)4-6-15(13)20-7-1-2-10-8-11(17)3-5-14(10)19/h1-6,8-9,20H,7,17-19H2. The van der Waals surface area contributed by atoms with E-state index in [1.807, 2.05) is 24.3 Å². The number of nitrogen functional groups attached to an aromatic ring is 3. The first-order valence-electron chi connectivity index (χ1n) is 6.16. The molecule has 0 aliphatic carbocycles. The molecule has 5 heteroatoms. The summed E-state index contributed by atoms with van der Waals surface area (Å²) >= 11 is 6.07. The fourth-order valence-corrected chi connectivity index (χ4v) is 2.02. The van der Waals surface area contributed by atoms with Crippen molar-refractivity contribution >= 4 is 40.4 Å². The molecule has 2 aromatic carbocycles. The minimum atomic E-state index is 0.599. The first-order chi connectivity index (χ1) is 9.56. The lowest BCUT2D eigenvalue weighted by Gasteiger charge is -2.06. The predicted octanol–water partition coefficient (Wildman–Crippen LogP) is 3.21. The molecular weight excluding hydrogens is 272 g/mol. The van der Waals surface area contributed by atoms with Crippen LogP contribution in [0.2, 0.25) is 5.02 Å². The van der Waals surface area contributed by atoms with Gasteiger partial charge in [0.15, 0.2) is 0 Å². The van der Waals surface area contributed by atoms with E-state index >= 15 is 0 Å². The van der Waals surface area contributed by atoms with Crippen molar-refractivity contribution in [3.8, 4) is 0 Å². The second kappa shape index (κ2) is 6.21. The van der Waals surface area contributed by atoms with Gasteiger partial charge in [-0.05, 0) is 42.0 Å². The van der Waals surface area contributed by atoms with E-state index in [-0.39, 0.29) is 0 Å². The van der Waals surface area contributed by atoms with Crippen LogP contribution in [0.4, 0.5) is 22.7 Å². The van der Waals surface area contributed by atoms with Crippen molar-refractivity contribution in [1.82, 2.24) is 0 Å². The van der Waals surface area contributed by atoms with Crippen molar-refractivity contribution in [2.45, 2.75) is 0 Å². The van der Waals surface area contributed by atoms with E-state index in [1.165, 1.54) is 0 Å². The molecule has 0 spiro atoms. The van der Waals surface area contributed by atoms with Gasteiger partial charge in [-0.3, -0.25) is 0 Å². The number of halogens is 1. The zero-order chi connectivity index (χ0) is 14.5. The monoisotopic (exact) mass is 288 g/mol. The van der Waals surface area contributed by atoms with Crippen LogP contribution in [-0.4, -0.2) is 6.54 Å². The van der Waals surface area contributed by atoms with Gasteiger partial charge < -0.3 is 22.5 Å². The van der Waals surface area contributed by atoms with E-state index in [4.69, 9.17) is 28.8 Å². The third-order valence-electron chi connectivity index (χ3n) is 2.81. The minimum Gasteiger partial charge on any atom is -0.399 e. The summed E-state index contributed by atoms with van der Waals surface area (Å²) in [7, 11) is 0. The zero-order valence-electron chi connectivity index (χ0n) is 10.9. The SMILES string of the molecule is Nc1ccc(NCC=Cc2cc(N)ccc2N)c(Cl)c1. The number of nitrogens with one attached hydrogen (secondary N) is 1. The van der Waals surface area contributed by atoms with Crippen LogP contribution in [0.25, 0.3) is 6.08 Å². The first-order valence-corrected chi connectivity index (χ1v) is 6.54. The van der Waals surface area contributed by atoms with Crippen LogP contribution in [0, 0.1) is 0 Å². The second-order valence-corrected chi connectivity index (χ2v) is 4.82. The number of hydrogen-bond acceptors (Lipinski definition) is 4. The van der Waals surface area contributed by atoms with Crippen molar-refractivity contribution in [3.05, 3.63) is 53.1 Å². The lowest BCUT2D eigenvalue weighted by Crippen LogP contribution is -1.99. The molecule has 0 radical (unpaired) electrons. The Hall–Kier alpha value is -2.33. The van der Waals surface area contributed by atoms with Crippen molar-refractivity contribution in [3.63, 3.8) is 0 Å². The molecule has 0 bridgehead atoms. The Morgan fingerprint density at radius 2 is 1.70 bits per heavy atom. The topological polar surface area (TPSA) is 90.1 Å². The highest BCUT2D eigenvalue weighted by atomic mass is 35.5. The molecule has 20 heavy (non-hydrogen) atoms. The average molecular weight is 289 g/mol. The summed E-state index contributed by atoms with van der Waals surface area (Å²) in [4.78, 5) is 0. The van der Waals surface area contributed by atoms with E-state index in [9.17, 15) is 0 Å². The molecule has 0 fully saturated rings. The van der Waals surface area contributed by atoms with Gasteiger partial charge in [-0.15, -0.1) is 0 Å². The van der Waals surface area contributed by atoms with Gasteiger partial charge in [-0.2, -0.15) is 0 Å². The average Bonchev–Trinajstić information content (AvgIpc) is 2.40. The Labute approximate surface area is 123 Å². The first kappa shape index (κ1) is 14.1. The fourth-order valence-electron chi connectivity index (χ4n) is 1.77. The van der Waals surface area contributed by atoms with Crippen LogP contribution in [0.3, 0.4) is 0 Å². The number of hydrogen-bond donors (Lipinski definition) is 4. The van der Waals surface area contributed by atoms with Crippen molar-refractivity contribution in [1.29, 1.82) is 0 Å². The van der Waals surface area contributed by atoms with E-state index in [0.29, 0.717) is 28.6 Å². The molecule has 0 heterocycles. The molecule has 0 saturated heterocycles. The number of anilines is 4. The van der Waals surface area contributed by atoms with E-state index < -0.39 is 0 Å². The molecule has 0 aliphatic rings. The van der Waals surface area contributed by atoms with Gasteiger partial charge in [0.1, 0.15) is 0 Å². The van der Waals surface area contributed by atoms with E-state index in [0.717, 1.165) is 11.3 Å². The summed E-state index contributed by atoms with van der Waals surface area (Å²) in [5.74, 6) is 0. The molecule has 7 N–H and O–H groups in total. The molecule has 0 unspecified atom stereocenters. The van der Waals surface area contributed by atoms with Crippen LogP contribution >= 0.6 is 11.6 Å². The molecule has 0 saturated carbocycles. The number of benzene rings is 2. The van der Waals surface area contributed by atoms with E-state index in [2.05, 4.69) is 5.32 Å². The van der Waals surface area contributed by atoms with Crippen molar-refractivity contribution < 1.29 is 0 Å². The van der Waals surface area contributed by atoms with Crippen molar-refractivity contribution in [2.24, 2.45) is 0 Å². The van der Waals surface area contributed by atoms with Crippen LogP contribution in [0.1, 0.15) is 5.56 Å². The molecule has 2 rings (SSSR count). The van der Waals surface area contributed by atoms with Gasteiger partial charge in [0.25, 0.3) is 0 Å². The van der Waals surface area contributed by atoms with Gasteiger partial charge in [0.2, 0.25) is 0 Å². The molecule has 0 aliphatic heterocycles. The van der Waals surface area contributed by atoms with Gasteiger partial charge in [0, 0.05) is 23.6 Å². The molecule has 4 nitrogen and oxygen atoms in total. The highest BCUT2D eigenvalue weighted by molar-refractivity contribution is 6.33. The Morgan fingerprint density at radius 3 is 2.45 bits per heavy atom. The van der Waals surface area contributed by atoms with Crippen LogP contribution in [-0.2, 0) is 0 Å². The summed E-state index contributed by atoms with van der Waals surface area (Å²) in [5, 5.41) is 3.80. The summed E-state index contributed by atoms with van der Waals surface area (Å²) in [6.07, 6.45) is 3.88. The maximum Gasteiger partial charge on any atom is 0.0658 e. The minimum absolute atomic E-state index is 0.599. The summed E-state index contributed by atoms with van der Waals surface area (Å²) in [6, 6.07) is 10.8. The summed E-state index contributed by atoms with van der Waals surface area (Å²) in [6.45, 7) is 0.623. The Bertz CT molecular complexity index is 638. The van der Waals surface area contributed by atoms with Crippen LogP contribution in [0.15, 0.2) is 42.5 Å². The third-order valence-corrected chi connectivity index (χ3v) is 3.12. The maximum atomic E-state index is 6.07. The maximum absolute atomic E-state index is 6.07. The predicted molar refractivity (Wildman–Crippen MR) is 88.7 cm³/mol. The van der Waals surface area contributed by atoms with Gasteiger partial charge >= 0.3 is 0 Å². The molecule has 2 aromatic rings. The number of rotatable bonds is 4.